The Morgan fingerprint density at radius 1 is 1.25 bits per heavy atom. The SMILES string of the molecule is Fc1cc2nc(Br)cn2cc1F. The van der Waals surface area contributed by atoms with Gasteiger partial charge < -0.3 is 4.40 Å². The van der Waals surface area contributed by atoms with Gasteiger partial charge >= 0.3 is 0 Å². The van der Waals surface area contributed by atoms with Gasteiger partial charge in [-0.05, 0) is 15.9 Å². The van der Waals surface area contributed by atoms with Crippen molar-refractivity contribution < 1.29 is 8.78 Å². The van der Waals surface area contributed by atoms with Gasteiger partial charge in [0.1, 0.15) is 10.3 Å². The Morgan fingerprint density at radius 3 is 2.75 bits per heavy atom. The van der Waals surface area contributed by atoms with Crippen LogP contribution in [0.2, 0.25) is 0 Å². The highest BCUT2D eigenvalue weighted by molar-refractivity contribution is 9.10. The highest BCUT2D eigenvalue weighted by Gasteiger charge is 2.05. The second kappa shape index (κ2) is 2.52. The van der Waals surface area contributed by atoms with Crippen molar-refractivity contribution in [2.75, 3.05) is 0 Å². The van der Waals surface area contributed by atoms with Gasteiger partial charge in [-0.15, -0.1) is 0 Å². The molecule has 0 saturated heterocycles. The zero-order valence-corrected chi connectivity index (χ0v) is 7.35. The summed E-state index contributed by atoms with van der Waals surface area (Å²) in [5, 5.41) is 0. The molecule has 12 heavy (non-hydrogen) atoms. The zero-order chi connectivity index (χ0) is 8.72. The fourth-order valence-electron chi connectivity index (χ4n) is 0.953. The first-order valence-electron chi connectivity index (χ1n) is 3.16. The normalized spacial score (nSPS) is 10.9. The smallest absolute Gasteiger partial charge is 0.175 e. The van der Waals surface area contributed by atoms with Crippen molar-refractivity contribution in [2.24, 2.45) is 0 Å². The summed E-state index contributed by atoms with van der Waals surface area (Å²) in [6.45, 7) is 0. The van der Waals surface area contributed by atoms with Crippen LogP contribution in [0, 0.1) is 11.6 Å². The van der Waals surface area contributed by atoms with Crippen LogP contribution in [0.3, 0.4) is 0 Å². The first-order valence-corrected chi connectivity index (χ1v) is 3.95. The summed E-state index contributed by atoms with van der Waals surface area (Å²) in [4.78, 5) is 3.89. The lowest BCUT2D eigenvalue weighted by Crippen LogP contribution is -1.89. The van der Waals surface area contributed by atoms with Gasteiger partial charge in [0.25, 0.3) is 0 Å². The average molecular weight is 233 g/mol. The summed E-state index contributed by atoms with van der Waals surface area (Å²) in [6.07, 6.45) is 2.60. The fourth-order valence-corrected chi connectivity index (χ4v) is 1.36. The molecule has 5 heteroatoms. The summed E-state index contributed by atoms with van der Waals surface area (Å²) >= 11 is 3.10. The van der Waals surface area contributed by atoms with Crippen molar-refractivity contribution in [1.82, 2.24) is 9.38 Å². The molecular weight excluding hydrogens is 230 g/mol. The van der Waals surface area contributed by atoms with E-state index in [2.05, 4.69) is 20.9 Å². The van der Waals surface area contributed by atoms with Crippen LogP contribution in [0.15, 0.2) is 23.1 Å². The molecule has 62 valence electrons. The summed E-state index contributed by atoms with van der Waals surface area (Å²) in [5.74, 6) is -1.77. The Bertz CT molecular complexity index is 399. The van der Waals surface area contributed by atoms with E-state index < -0.39 is 11.6 Å². The quantitative estimate of drug-likeness (QED) is 0.682. The monoisotopic (exact) mass is 232 g/mol. The lowest BCUT2D eigenvalue weighted by atomic mass is 10.4. The number of pyridine rings is 1. The van der Waals surface area contributed by atoms with E-state index in [0.29, 0.717) is 10.3 Å². The van der Waals surface area contributed by atoms with Gasteiger partial charge in [0.05, 0.1) is 0 Å². The molecule has 2 rings (SSSR count). The molecule has 2 aromatic rings. The van der Waals surface area contributed by atoms with E-state index in [9.17, 15) is 8.78 Å². The molecule has 0 aliphatic heterocycles. The standard InChI is InChI=1S/C7H3BrF2N2/c8-6-3-12-2-5(10)4(9)1-7(12)11-6/h1-3H. The van der Waals surface area contributed by atoms with Crippen molar-refractivity contribution >= 4 is 21.6 Å². The molecule has 0 N–H and O–H groups in total. The van der Waals surface area contributed by atoms with Gasteiger partial charge in [-0.3, -0.25) is 0 Å². The zero-order valence-electron chi connectivity index (χ0n) is 5.76. The van der Waals surface area contributed by atoms with E-state index in [0.717, 1.165) is 12.3 Å². The summed E-state index contributed by atoms with van der Waals surface area (Å²) in [7, 11) is 0. The number of halogens is 3. The van der Waals surface area contributed by atoms with Crippen LogP contribution in [-0.2, 0) is 0 Å². The number of hydrogen-bond acceptors (Lipinski definition) is 1. The molecule has 0 amide bonds. The van der Waals surface area contributed by atoms with Crippen LogP contribution in [0.1, 0.15) is 0 Å². The first kappa shape index (κ1) is 7.67. The van der Waals surface area contributed by atoms with Crippen LogP contribution >= 0.6 is 15.9 Å². The Kier molecular flexibility index (Phi) is 1.61. The minimum Gasteiger partial charge on any atom is -0.303 e. The Morgan fingerprint density at radius 2 is 2.00 bits per heavy atom. The van der Waals surface area contributed by atoms with Crippen LogP contribution in [0.25, 0.3) is 5.65 Å². The van der Waals surface area contributed by atoms with E-state index >= 15 is 0 Å². The molecule has 2 nitrogen and oxygen atoms in total. The number of rotatable bonds is 0. The summed E-state index contributed by atoms with van der Waals surface area (Å²) in [6, 6.07) is 1.04. The van der Waals surface area contributed by atoms with Crippen molar-refractivity contribution in [1.29, 1.82) is 0 Å². The second-order valence-electron chi connectivity index (χ2n) is 2.30. The van der Waals surface area contributed by atoms with Crippen LogP contribution < -0.4 is 0 Å². The van der Waals surface area contributed by atoms with Gasteiger partial charge in [0, 0.05) is 18.5 Å². The van der Waals surface area contributed by atoms with Gasteiger partial charge in [0.15, 0.2) is 11.6 Å². The van der Waals surface area contributed by atoms with Crippen LogP contribution in [-0.4, -0.2) is 9.38 Å². The Labute approximate surface area is 75.0 Å². The second-order valence-corrected chi connectivity index (χ2v) is 3.11. The first-order chi connectivity index (χ1) is 5.66. The highest BCUT2D eigenvalue weighted by atomic mass is 79.9. The molecule has 0 radical (unpaired) electrons. The van der Waals surface area contributed by atoms with E-state index in [1.54, 1.807) is 6.20 Å². The predicted molar refractivity (Wildman–Crippen MR) is 42.8 cm³/mol. The molecule has 2 aromatic heterocycles. The summed E-state index contributed by atoms with van der Waals surface area (Å²) < 4.78 is 27.2. The van der Waals surface area contributed by atoms with Gasteiger partial charge in [-0.1, -0.05) is 0 Å². The Balaban J connectivity index is 2.83. The lowest BCUT2D eigenvalue weighted by molar-refractivity contribution is 0.503. The molecule has 0 aliphatic rings. The van der Waals surface area contributed by atoms with E-state index in [1.807, 2.05) is 0 Å². The molecule has 0 saturated carbocycles. The van der Waals surface area contributed by atoms with Crippen molar-refractivity contribution in [2.45, 2.75) is 0 Å². The number of aromatic nitrogens is 2. The molecule has 0 aromatic carbocycles. The van der Waals surface area contributed by atoms with Crippen LogP contribution in [0.5, 0.6) is 0 Å². The number of hydrogen-bond donors (Lipinski definition) is 0. The molecule has 2 heterocycles. The lowest BCUT2D eigenvalue weighted by Gasteiger charge is -1.93. The topological polar surface area (TPSA) is 17.3 Å². The average Bonchev–Trinajstić information content (AvgIpc) is 2.30. The van der Waals surface area contributed by atoms with Gasteiger partial charge in [-0.25, -0.2) is 13.8 Å². The molecule has 0 unspecified atom stereocenters. The van der Waals surface area contributed by atoms with Gasteiger partial charge in [0.2, 0.25) is 0 Å². The van der Waals surface area contributed by atoms with Crippen molar-refractivity contribution in [3.63, 3.8) is 0 Å². The number of nitrogens with zero attached hydrogens (tertiary/aromatic N) is 2. The van der Waals surface area contributed by atoms with E-state index in [4.69, 9.17) is 0 Å². The maximum Gasteiger partial charge on any atom is 0.175 e. The van der Waals surface area contributed by atoms with Crippen molar-refractivity contribution in [3.05, 3.63) is 34.7 Å². The Hall–Kier alpha value is -0.970. The van der Waals surface area contributed by atoms with Crippen LogP contribution in [0.4, 0.5) is 8.78 Å². The largest absolute Gasteiger partial charge is 0.303 e. The van der Waals surface area contributed by atoms with Gasteiger partial charge in [-0.2, -0.15) is 0 Å². The summed E-state index contributed by atoms with van der Waals surface area (Å²) in [5.41, 5.74) is 0.376. The minimum atomic E-state index is -0.888. The molecule has 0 bridgehead atoms. The molecule has 0 aliphatic carbocycles. The third-order valence-electron chi connectivity index (χ3n) is 1.47. The molecular formula is C7H3BrF2N2. The fraction of sp³-hybridized carbons (Fsp3) is 0. The van der Waals surface area contributed by atoms with Crippen molar-refractivity contribution in [3.8, 4) is 0 Å². The highest BCUT2D eigenvalue weighted by Crippen LogP contribution is 2.13. The predicted octanol–water partition coefficient (Wildman–Crippen LogP) is 2.38. The minimum absolute atomic E-state index is 0.376. The number of fused-ring (bicyclic) bond motifs is 1. The molecule has 0 atom stereocenters. The maximum absolute atomic E-state index is 12.6. The molecule has 0 fully saturated rings. The third kappa shape index (κ3) is 1.10. The molecule has 0 spiro atoms. The van der Waals surface area contributed by atoms with E-state index in [-0.39, 0.29) is 0 Å². The maximum atomic E-state index is 12.6. The number of imidazole rings is 1. The third-order valence-corrected chi connectivity index (χ3v) is 1.85. The van der Waals surface area contributed by atoms with E-state index in [1.165, 1.54) is 4.40 Å².